The number of phenolic OH excluding ortho intramolecular Hbond substituents is 1. The van der Waals surface area contributed by atoms with Gasteiger partial charge >= 0.3 is 5.97 Å². The first kappa shape index (κ1) is 10.5. The number of phenols is 1. The first-order chi connectivity index (χ1) is 7.68. The Hall–Kier alpha value is -1.97. The van der Waals surface area contributed by atoms with Gasteiger partial charge in [-0.3, -0.25) is 4.79 Å². The molecule has 0 fully saturated rings. The van der Waals surface area contributed by atoms with Gasteiger partial charge in [0, 0.05) is 18.5 Å². The molecule has 0 aliphatic heterocycles. The molecule has 0 saturated carbocycles. The van der Waals surface area contributed by atoms with Crippen LogP contribution in [0.15, 0.2) is 30.5 Å². The van der Waals surface area contributed by atoms with Crippen molar-refractivity contribution in [2.45, 2.75) is 13.5 Å². The maximum atomic E-state index is 10.6. The van der Waals surface area contributed by atoms with Gasteiger partial charge in [-0.15, -0.1) is 0 Å². The highest BCUT2D eigenvalue weighted by molar-refractivity contribution is 5.86. The molecular formula is C12H13NO3. The number of hydrogen-bond donors (Lipinski definition) is 1. The second-order valence-electron chi connectivity index (χ2n) is 3.56. The summed E-state index contributed by atoms with van der Waals surface area (Å²) in [6, 6.07) is 7.21. The van der Waals surface area contributed by atoms with Gasteiger partial charge in [-0.2, -0.15) is 0 Å². The van der Waals surface area contributed by atoms with Crippen LogP contribution in [0.4, 0.5) is 0 Å². The maximum absolute atomic E-state index is 10.6. The Morgan fingerprint density at radius 1 is 1.44 bits per heavy atom. The van der Waals surface area contributed by atoms with E-state index in [0.717, 1.165) is 10.9 Å². The lowest BCUT2D eigenvalue weighted by Crippen LogP contribution is -2.07. The number of rotatable bonds is 3. The zero-order valence-electron chi connectivity index (χ0n) is 9.01. The van der Waals surface area contributed by atoms with E-state index in [1.807, 2.05) is 22.9 Å². The molecule has 0 aliphatic rings. The number of ether oxygens (including phenoxy) is 1. The molecule has 2 rings (SSSR count). The molecule has 0 spiro atoms. The highest BCUT2D eigenvalue weighted by Crippen LogP contribution is 2.24. The fourth-order valence-corrected chi connectivity index (χ4v) is 1.69. The van der Waals surface area contributed by atoms with Crippen LogP contribution in [0.3, 0.4) is 0 Å². The third-order valence-corrected chi connectivity index (χ3v) is 2.43. The van der Waals surface area contributed by atoms with Crippen molar-refractivity contribution in [3.8, 4) is 5.75 Å². The van der Waals surface area contributed by atoms with Crippen molar-refractivity contribution < 1.29 is 14.6 Å². The lowest BCUT2D eigenvalue weighted by atomic mass is 10.2. The topological polar surface area (TPSA) is 51.5 Å². The summed E-state index contributed by atoms with van der Waals surface area (Å²) in [7, 11) is 0. The average molecular weight is 219 g/mol. The van der Waals surface area contributed by atoms with Crippen LogP contribution in [0.25, 0.3) is 10.9 Å². The number of hydrogen-bond acceptors (Lipinski definition) is 3. The molecule has 84 valence electrons. The van der Waals surface area contributed by atoms with E-state index in [0.29, 0.717) is 13.2 Å². The van der Waals surface area contributed by atoms with E-state index in [4.69, 9.17) is 4.74 Å². The number of carbonyl (C=O) groups excluding carboxylic acids is 1. The van der Waals surface area contributed by atoms with Crippen LogP contribution >= 0.6 is 0 Å². The molecule has 1 aromatic heterocycles. The second kappa shape index (κ2) is 4.26. The standard InChI is InChI=1S/C12H13NO3/c1-9(14)16-8-7-13-6-5-10-11(13)3-2-4-12(10)15/h2-6,15H,7-8H2,1H3. The van der Waals surface area contributed by atoms with E-state index >= 15 is 0 Å². The van der Waals surface area contributed by atoms with Gasteiger partial charge in [-0.1, -0.05) is 6.07 Å². The van der Waals surface area contributed by atoms with Crippen LogP contribution in [0.1, 0.15) is 6.92 Å². The number of esters is 1. The van der Waals surface area contributed by atoms with E-state index in [1.165, 1.54) is 6.92 Å². The minimum Gasteiger partial charge on any atom is -0.507 e. The van der Waals surface area contributed by atoms with Gasteiger partial charge in [0.2, 0.25) is 0 Å². The largest absolute Gasteiger partial charge is 0.507 e. The zero-order valence-corrected chi connectivity index (χ0v) is 9.01. The van der Waals surface area contributed by atoms with E-state index in [1.54, 1.807) is 12.1 Å². The Kier molecular flexibility index (Phi) is 2.81. The van der Waals surface area contributed by atoms with Gasteiger partial charge in [0.15, 0.2) is 0 Å². The summed E-state index contributed by atoms with van der Waals surface area (Å²) in [5.41, 5.74) is 0.937. The van der Waals surface area contributed by atoms with E-state index in [9.17, 15) is 9.90 Å². The number of fused-ring (bicyclic) bond motifs is 1. The van der Waals surface area contributed by atoms with Crippen molar-refractivity contribution in [2.75, 3.05) is 6.61 Å². The summed E-state index contributed by atoms with van der Waals surface area (Å²) in [6.45, 7) is 2.32. The van der Waals surface area contributed by atoms with E-state index in [-0.39, 0.29) is 11.7 Å². The molecular weight excluding hydrogens is 206 g/mol. The number of nitrogens with zero attached hydrogens (tertiary/aromatic N) is 1. The van der Waals surface area contributed by atoms with Gasteiger partial charge in [0.05, 0.1) is 12.1 Å². The minimum atomic E-state index is -0.278. The molecule has 1 N–H and O–H groups in total. The van der Waals surface area contributed by atoms with Crippen LogP contribution in [-0.4, -0.2) is 22.2 Å². The molecule has 0 saturated heterocycles. The molecule has 1 aromatic carbocycles. The summed E-state index contributed by atoms with van der Waals surface area (Å²) in [4.78, 5) is 10.6. The third-order valence-electron chi connectivity index (χ3n) is 2.43. The summed E-state index contributed by atoms with van der Waals surface area (Å²) in [6.07, 6.45) is 1.87. The van der Waals surface area contributed by atoms with Crippen molar-refractivity contribution >= 4 is 16.9 Å². The highest BCUT2D eigenvalue weighted by Gasteiger charge is 2.04. The van der Waals surface area contributed by atoms with Gasteiger partial charge < -0.3 is 14.4 Å². The average Bonchev–Trinajstić information content (AvgIpc) is 2.63. The molecule has 0 atom stereocenters. The normalized spacial score (nSPS) is 10.6. The predicted molar refractivity (Wildman–Crippen MR) is 60.2 cm³/mol. The van der Waals surface area contributed by atoms with Crippen molar-refractivity contribution in [1.82, 2.24) is 4.57 Å². The van der Waals surface area contributed by atoms with Crippen molar-refractivity contribution in [2.24, 2.45) is 0 Å². The number of aromatic hydroxyl groups is 1. The van der Waals surface area contributed by atoms with E-state index in [2.05, 4.69) is 0 Å². The van der Waals surface area contributed by atoms with Crippen molar-refractivity contribution in [3.05, 3.63) is 30.5 Å². The molecule has 0 amide bonds. The SMILES string of the molecule is CC(=O)OCCn1ccc2c(O)cccc21. The second-order valence-corrected chi connectivity index (χ2v) is 3.56. The molecule has 0 bridgehead atoms. The van der Waals surface area contributed by atoms with Crippen molar-refractivity contribution in [1.29, 1.82) is 0 Å². The Balaban J connectivity index is 2.19. The minimum absolute atomic E-state index is 0.267. The fourth-order valence-electron chi connectivity index (χ4n) is 1.69. The summed E-state index contributed by atoms with van der Waals surface area (Å²) in [5, 5.41) is 10.4. The molecule has 16 heavy (non-hydrogen) atoms. The lowest BCUT2D eigenvalue weighted by Gasteiger charge is -2.05. The smallest absolute Gasteiger partial charge is 0.302 e. The Morgan fingerprint density at radius 2 is 2.25 bits per heavy atom. The fraction of sp³-hybridized carbons (Fsp3) is 0.250. The lowest BCUT2D eigenvalue weighted by molar-refractivity contribution is -0.141. The van der Waals surface area contributed by atoms with E-state index < -0.39 is 0 Å². The Bertz CT molecular complexity index is 516. The summed E-state index contributed by atoms with van der Waals surface area (Å²) in [5.74, 6) is -0.0111. The maximum Gasteiger partial charge on any atom is 0.302 e. The van der Waals surface area contributed by atoms with Gasteiger partial charge in [-0.25, -0.2) is 0 Å². The predicted octanol–water partition coefficient (Wildman–Crippen LogP) is 1.91. The summed E-state index contributed by atoms with van der Waals surface area (Å²) < 4.78 is 6.81. The van der Waals surface area contributed by atoms with Crippen LogP contribution in [-0.2, 0) is 16.1 Å². The van der Waals surface area contributed by atoms with Crippen molar-refractivity contribution in [3.63, 3.8) is 0 Å². The number of aromatic nitrogens is 1. The monoisotopic (exact) mass is 219 g/mol. The first-order valence-corrected chi connectivity index (χ1v) is 5.08. The third kappa shape index (κ3) is 2.00. The van der Waals surface area contributed by atoms with Gasteiger partial charge in [0.25, 0.3) is 0 Å². The first-order valence-electron chi connectivity index (χ1n) is 5.08. The number of carbonyl (C=O) groups is 1. The number of benzene rings is 1. The highest BCUT2D eigenvalue weighted by atomic mass is 16.5. The molecule has 2 aromatic rings. The molecule has 1 heterocycles. The molecule has 0 unspecified atom stereocenters. The van der Waals surface area contributed by atoms with Crippen LogP contribution in [0.5, 0.6) is 5.75 Å². The Labute approximate surface area is 93.1 Å². The summed E-state index contributed by atoms with van der Waals surface area (Å²) >= 11 is 0. The van der Waals surface area contributed by atoms with Crippen LogP contribution in [0, 0.1) is 0 Å². The zero-order chi connectivity index (χ0) is 11.5. The van der Waals surface area contributed by atoms with Gasteiger partial charge in [0.1, 0.15) is 12.4 Å². The molecule has 0 radical (unpaired) electrons. The molecule has 4 nitrogen and oxygen atoms in total. The molecule has 0 aliphatic carbocycles. The van der Waals surface area contributed by atoms with Gasteiger partial charge in [-0.05, 0) is 18.2 Å². The van der Waals surface area contributed by atoms with Crippen LogP contribution < -0.4 is 0 Å². The quantitative estimate of drug-likeness (QED) is 0.802. The molecule has 4 heteroatoms. The van der Waals surface area contributed by atoms with Crippen LogP contribution in [0.2, 0.25) is 0 Å². The Morgan fingerprint density at radius 3 is 3.00 bits per heavy atom.